The van der Waals surface area contributed by atoms with Crippen LogP contribution in [0.4, 0.5) is 0 Å². The first-order chi connectivity index (χ1) is 7.06. The highest BCUT2D eigenvalue weighted by atomic mass is 32.1. The van der Waals surface area contributed by atoms with Crippen molar-refractivity contribution in [1.29, 1.82) is 0 Å². The molecule has 1 aromatic rings. The zero-order chi connectivity index (χ0) is 11.0. The lowest BCUT2D eigenvalue weighted by molar-refractivity contribution is 0.449. The molecule has 2 N–H and O–H groups in total. The van der Waals surface area contributed by atoms with Crippen molar-refractivity contribution in [3.05, 3.63) is 15.6 Å². The van der Waals surface area contributed by atoms with Crippen LogP contribution in [-0.4, -0.2) is 11.0 Å². The van der Waals surface area contributed by atoms with Crippen LogP contribution in [0.1, 0.15) is 48.7 Å². The van der Waals surface area contributed by atoms with E-state index in [2.05, 4.69) is 13.8 Å². The predicted molar refractivity (Wildman–Crippen MR) is 65.4 cm³/mol. The van der Waals surface area contributed by atoms with Gasteiger partial charge in [0.2, 0.25) is 0 Å². The summed E-state index contributed by atoms with van der Waals surface area (Å²) in [6, 6.07) is 0.227. The molecule has 3 heteroatoms. The molecule has 15 heavy (non-hydrogen) atoms. The molecule has 2 rings (SSSR count). The van der Waals surface area contributed by atoms with Gasteiger partial charge in [0.25, 0.3) is 0 Å². The second-order valence-electron chi connectivity index (χ2n) is 5.05. The van der Waals surface area contributed by atoms with E-state index in [0.29, 0.717) is 5.92 Å². The summed E-state index contributed by atoms with van der Waals surface area (Å²) in [6.07, 6.45) is 3.40. The van der Waals surface area contributed by atoms with Crippen LogP contribution < -0.4 is 5.73 Å². The Labute approximate surface area is 95.9 Å². The SMILES string of the molecule is CC(N)Cc1nc2c(s1)C(C)CC(C)C2. The second kappa shape index (κ2) is 4.22. The summed E-state index contributed by atoms with van der Waals surface area (Å²) >= 11 is 1.88. The van der Waals surface area contributed by atoms with Crippen molar-refractivity contribution in [1.82, 2.24) is 4.98 Å². The lowest BCUT2D eigenvalue weighted by Crippen LogP contribution is -2.17. The zero-order valence-electron chi connectivity index (χ0n) is 9.79. The van der Waals surface area contributed by atoms with E-state index in [1.54, 1.807) is 0 Å². The molecule has 1 aliphatic carbocycles. The molecule has 0 aromatic carbocycles. The van der Waals surface area contributed by atoms with E-state index < -0.39 is 0 Å². The minimum atomic E-state index is 0.227. The maximum Gasteiger partial charge on any atom is 0.0946 e. The van der Waals surface area contributed by atoms with Gasteiger partial charge in [0.05, 0.1) is 10.7 Å². The van der Waals surface area contributed by atoms with Crippen LogP contribution in [0, 0.1) is 5.92 Å². The van der Waals surface area contributed by atoms with Crippen molar-refractivity contribution >= 4 is 11.3 Å². The molecule has 3 unspecified atom stereocenters. The Hall–Kier alpha value is -0.410. The first-order valence-corrected chi connectivity index (χ1v) is 6.62. The van der Waals surface area contributed by atoms with Crippen molar-refractivity contribution in [3.63, 3.8) is 0 Å². The van der Waals surface area contributed by atoms with E-state index in [1.807, 2.05) is 18.3 Å². The van der Waals surface area contributed by atoms with Crippen LogP contribution in [0.2, 0.25) is 0 Å². The number of hydrogen-bond acceptors (Lipinski definition) is 3. The Morgan fingerprint density at radius 3 is 2.93 bits per heavy atom. The zero-order valence-corrected chi connectivity index (χ0v) is 10.6. The Bertz CT molecular complexity index is 343. The fourth-order valence-corrected chi connectivity index (χ4v) is 3.73. The van der Waals surface area contributed by atoms with Crippen LogP contribution >= 0.6 is 11.3 Å². The van der Waals surface area contributed by atoms with Crippen molar-refractivity contribution in [2.45, 2.75) is 52.0 Å². The van der Waals surface area contributed by atoms with Gasteiger partial charge >= 0.3 is 0 Å². The van der Waals surface area contributed by atoms with E-state index in [4.69, 9.17) is 10.7 Å². The van der Waals surface area contributed by atoms with Gasteiger partial charge in [0, 0.05) is 17.3 Å². The lowest BCUT2D eigenvalue weighted by atomic mass is 9.86. The van der Waals surface area contributed by atoms with Crippen molar-refractivity contribution in [2.75, 3.05) is 0 Å². The highest BCUT2D eigenvalue weighted by Gasteiger charge is 2.25. The van der Waals surface area contributed by atoms with Crippen molar-refractivity contribution < 1.29 is 0 Å². The van der Waals surface area contributed by atoms with Gasteiger partial charge in [-0.1, -0.05) is 13.8 Å². The Morgan fingerprint density at radius 2 is 2.27 bits per heavy atom. The third-order valence-corrected chi connectivity index (χ3v) is 4.37. The minimum Gasteiger partial charge on any atom is -0.328 e. The van der Waals surface area contributed by atoms with E-state index in [9.17, 15) is 0 Å². The summed E-state index contributed by atoms with van der Waals surface area (Å²) in [5, 5.41) is 1.23. The average Bonchev–Trinajstić information content (AvgIpc) is 2.45. The lowest BCUT2D eigenvalue weighted by Gasteiger charge is -2.22. The number of hydrogen-bond donors (Lipinski definition) is 1. The smallest absolute Gasteiger partial charge is 0.0946 e. The van der Waals surface area contributed by atoms with Gasteiger partial charge in [0.15, 0.2) is 0 Å². The average molecular weight is 224 g/mol. The fourth-order valence-electron chi connectivity index (χ4n) is 2.43. The first kappa shape index (κ1) is 11.1. The van der Waals surface area contributed by atoms with Gasteiger partial charge in [-0.25, -0.2) is 4.98 Å². The van der Waals surface area contributed by atoms with Crippen LogP contribution in [0.3, 0.4) is 0 Å². The molecule has 1 aliphatic rings. The van der Waals surface area contributed by atoms with Crippen LogP contribution in [0.5, 0.6) is 0 Å². The molecule has 2 nitrogen and oxygen atoms in total. The first-order valence-electron chi connectivity index (χ1n) is 5.80. The molecule has 1 aromatic heterocycles. The molecule has 0 saturated carbocycles. The minimum absolute atomic E-state index is 0.227. The molecule has 0 spiro atoms. The molecule has 0 bridgehead atoms. The molecule has 0 amide bonds. The number of nitrogens with two attached hydrogens (primary N) is 1. The van der Waals surface area contributed by atoms with Crippen molar-refractivity contribution in [3.8, 4) is 0 Å². The molecule has 0 saturated heterocycles. The molecule has 3 atom stereocenters. The molecule has 0 fully saturated rings. The molecular weight excluding hydrogens is 204 g/mol. The maximum atomic E-state index is 5.81. The highest BCUT2D eigenvalue weighted by molar-refractivity contribution is 7.11. The summed E-state index contributed by atoms with van der Waals surface area (Å²) in [5.41, 5.74) is 7.16. The third kappa shape index (κ3) is 2.40. The standard InChI is InChI=1S/C12H20N2S/c1-7-4-8(2)12-10(5-7)14-11(15-12)6-9(3)13/h7-9H,4-6,13H2,1-3H3. The van der Waals surface area contributed by atoms with Gasteiger partial charge in [-0.15, -0.1) is 11.3 Å². The molecule has 0 aliphatic heterocycles. The molecule has 1 heterocycles. The maximum absolute atomic E-state index is 5.81. The number of aromatic nitrogens is 1. The second-order valence-corrected chi connectivity index (χ2v) is 6.16. The molecule has 84 valence electrons. The largest absolute Gasteiger partial charge is 0.328 e. The number of nitrogens with zero attached hydrogens (tertiary/aromatic N) is 1. The monoisotopic (exact) mass is 224 g/mol. The van der Waals surface area contributed by atoms with Crippen LogP contribution in [0.15, 0.2) is 0 Å². The van der Waals surface area contributed by atoms with Crippen LogP contribution in [0.25, 0.3) is 0 Å². The van der Waals surface area contributed by atoms with E-state index >= 15 is 0 Å². The topological polar surface area (TPSA) is 38.9 Å². The van der Waals surface area contributed by atoms with Crippen molar-refractivity contribution in [2.24, 2.45) is 11.7 Å². The molecular formula is C12H20N2S. The van der Waals surface area contributed by atoms with Gasteiger partial charge in [-0.3, -0.25) is 0 Å². The summed E-state index contributed by atoms with van der Waals surface area (Å²) in [4.78, 5) is 6.25. The Kier molecular flexibility index (Phi) is 3.12. The summed E-state index contributed by atoms with van der Waals surface area (Å²) in [7, 11) is 0. The fraction of sp³-hybridized carbons (Fsp3) is 0.750. The van der Waals surface area contributed by atoms with Gasteiger partial charge < -0.3 is 5.73 Å². The highest BCUT2D eigenvalue weighted by Crippen LogP contribution is 2.37. The predicted octanol–water partition coefficient (Wildman–Crippen LogP) is 2.72. The normalized spacial score (nSPS) is 27.5. The Morgan fingerprint density at radius 1 is 1.53 bits per heavy atom. The van der Waals surface area contributed by atoms with E-state index in [0.717, 1.165) is 18.8 Å². The Balaban J connectivity index is 2.23. The summed E-state index contributed by atoms with van der Waals surface area (Å²) in [5.74, 6) is 1.49. The number of thiazole rings is 1. The number of fused-ring (bicyclic) bond motifs is 1. The molecule has 0 radical (unpaired) electrons. The number of rotatable bonds is 2. The van der Waals surface area contributed by atoms with Gasteiger partial charge in [0.1, 0.15) is 0 Å². The van der Waals surface area contributed by atoms with E-state index in [-0.39, 0.29) is 6.04 Å². The van der Waals surface area contributed by atoms with Gasteiger partial charge in [-0.05, 0) is 31.6 Å². The quantitative estimate of drug-likeness (QED) is 0.839. The van der Waals surface area contributed by atoms with Crippen LogP contribution in [-0.2, 0) is 12.8 Å². The third-order valence-electron chi connectivity index (χ3n) is 3.01. The summed E-state index contributed by atoms with van der Waals surface area (Å²) < 4.78 is 0. The summed E-state index contributed by atoms with van der Waals surface area (Å²) in [6.45, 7) is 6.69. The van der Waals surface area contributed by atoms with Gasteiger partial charge in [-0.2, -0.15) is 0 Å². The van der Waals surface area contributed by atoms with E-state index in [1.165, 1.54) is 22.0 Å².